The molecule has 18 nitrogen and oxygen atoms in total. The standard InChI is InChI=1S/C28H36N8O10/c1-33(17-37)12-13-34(2)28(44)45-16-18-5-7-19(8-6-18)31-23(39)15-30-26(42)21-4-3-11-35(21)27(43)20(14-22(29)38)32-46-36-24(40)9-10-25(36)41/h5-10,17,20-21,32H,3-4,11-16H2,1-2H3,(H2,29,38)(H,30,42)(H,31,39). The smallest absolute Gasteiger partial charge is 0.409 e. The van der Waals surface area contributed by atoms with Crippen molar-refractivity contribution >= 4 is 53.6 Å². The highest BCUT2D eigenvalue weighted by Gasteiger charge is 2.38. The number of hydrogen-bond donors (Lipinski definition) is 4. The number of nitrogens with one attached hydrogen (secondary N) is 3. The van der Waals surface area contributed by atoms with E-state index in [1.807, 2.05) is 0 Å². The summed E-state index contributed by atoms with van der Waals surface area (Å²) >= 11 is 0. The Kier molecular flexibility index (Phi) is 12.7. The van der Waals surface area contributed by atoms with Gasteiger partial charge in [0.15, 0.2) is 0 Å². The molecule has 0 spiro atoms. The molecule has 1 aromatic carbocycles. The molecule has 1 aromatic rings. The van der Waals surface area contributed by atoms with E-state index < -0.39 is 66.6 Å². The van der Waals surface area contributed by atoms with Crippen LogP contribution in [0.2, 0.25) is 0 Å². The molecular weight excluding hydrogens is 608 g/mol. The number of nitrogens with two attached hydrogens (primary N) is 1. The molecule has 2 heterocycles. The second-order valence-corrected chi connectivity index (χ2v) is 10.5. The first-order valence-electron chi connectivity index (χ1n) is 14.2. The highest BCUT2D eigenvalue weighted by molar-refractivity contribution is 6.11. The number of primary amides is 1. The molecule has 46 heavy (non-hydrogen) atoms. The summed E-state index contributed by atoms with van der Waals surface area (Å²) in [5.41, 5.74) is 8.56. The summed E-state index contributed by atoms with van der Waals surface area (Å²) in [6.45, 7) is 0.410. The van der Waals surface area contributed by atoms with Crippen LogP contribution in [-0.2, 0) is 49.8 Å². The van der Waals surface area contributed by atoms with Gasteiger partial charge in [0.25, 0.3) is 11.8 Å². The van der Waals surface area contributed by atoms with Gasteiger partial charge in [-0.15, -0.1) is 5.06 Å². The van der Waals surface area contributed by atoms with Crippen molar-refractivity contribution in [2.24, 2.45) is 5.73 Å². The number of anilines is 1. The summed E-state index contributed by atoms with van der Waals surface area (Å²) < 4.78 is 5.25. The highest BCUT2D eigenvalue weighted by atomic mass is 16.8. The molecule has 8 amide bonds. The first-order valence-corrected chi connectivity index (χ1v) is 14.2. The lowest BCUT2D eigenvalue weighted by Gasteiger charge is -2.28. The van der Waals surface area contributed by atoms with Crippen LogP contribution in [0.1, 0.15) is 24.8 Å². The maximum atomic E-state index is 13.2. The molecule has 2 atom stereocenters. The van der Waals surface area contributed by atoms with Gasteiger partial charge < -0.3 is 35.8 Å². The van der Waals surface area contributed by atoms with Crippen LogP contribution in [0.3, 0.4) is 0 Å². The fourth-order valence-corrected chi connectivity index (χ4v) is 4.36. The topological polar surface area (TPSA) is 230 Å². The van der Waals surface area contributed by atoms with Crippen molar-refractivity contribution in [1.29, 1.82) is 0 Å². The van der Waals surface area contributed by atoms with Crippen molar-refractivity contribution in [3.05, 3.63) is 42.0 Å². The maximum Gasteiger partial charge on any atom is 0.409 e. The summed E-state index contributed by atoms with van der Waals surface area (Å²) in [5.74, 6) is -4.33. The lowest BCUT2D eigenvalue weighted by Crippen LogP contribution is -2.55. The Labute approximate surface area is 263 Å². The van der Waals surface area contributed by atoms with E-state index in [-0.39, 0.29) is 19.6 Å². The number of carbonyl (C=O) groups excluding carboxylic acids is 8. The maximum absolute atomic E-state index is 13.2. The zero-order chi connectivity index (χ0) is 33.8. The van der Waals surface area contributed by atoms with Crippen molar-refractivity contribution in [1.82, 2.24) is 30.6 Å². The Bertz CT molecular complexity index is 1350. The molecule has 248 valence electrons. The summed E-state index contributed by atoms with van der Waals surface area (Å²) in [6.07, 6.45) is 2.22. The third kappa shape index (κ3) is 10.1. The number of imide groups is 1. The molecule has 2 unspecified atom stereocenters. The largest absolute Gasteiger partial charge is 0.445 e. The van der Waals surface area contributed by atoms with Gasteiger partial charge in [-0.2, -0.15) is 10.4 Å². The third-order valence-electron chi connectivity index (χ3n) is 6.90. The number of rotatable bonds is 16. The Morgan fingerprint density at radius 3 is 2.37 bits per heavy atom. The predicted molar refractivity (Wildman–Crippen MR) is 157 cm³/mol. The number of ether oxygens (including phenoxy) is 1. The van der Waals surface area contributed by atoms with Crippen molar-refractivity contribution in [2.45, 2.75) is 38.0 Å². The van der Waals surface area contributed by atoms with Gasteiger partial charge in [0.05, 0.1) is 13.0 Å². The molecule has 1 fully saturated rings. The van der Waals surface area contributed by atoms with E-state index >= 15 is 0 Å². The van der Waals surface area contributed by atoms with Gasteiger partial charge in [-0.1, -0.05) is 12.1 Å². The molecular formula is C28H36N8O10. The van der Waals surface area contributed by atoms with Crippen LogP contribution in [0.25, 0.3) is 0 Å². The Morgan fingerprint density at radius 1 is 1.07 bits per heavy atom. The number of nitrogens with zero attached hydrogens (tertiary/aromatic N) is 4. The fourth-order valence-electron chi connectivity index (χ4n) is 4.36. The monoisotopic (exact) mass is 644 g/mol. The van der Waals surface area contributed by atoms with Crippen LogP contribution in [0, 0.1) is 0 Å². The molecule has 2 aliphatic heterocycles. The number of hydrogen-bond acceptors (Lipinski definition) is 11. The van der Waals surface area contributed by atoms with Crippen LogP contribution >= 0.6 is 0 Å². The molecule has 5 N–H and O–H groups in total. The van der Waals surface area contributed by atoms with Gasteiger partial charge in [-0.05, 0) is 30.5 Å². The minimum absolute atomic E-state index is 0.0127. The van der Waals surface area contributed by atoms with Crippen LogP contribution in [0.15, 0.2) is 36.4 Å². The van der Waals surface area contributed by atoms with Crippen LogP contribution in [0.5, 0.6) is 0 Å². The first-order chi connectivity index (χ1) is 21.9. The van der Waals surface area contributed by atoms with Gasteiger partial charge in [0.2, 0.25) is 30.0 Å². The van der Waals surface area contributed by atoms with Crippen molar-refractivity contribution in [3.8, 4) is 0 Å². The van der Waals surface area contributed by atoms with E-state index in [2.05, 4.69) is 16.1 Å². The summed E-state index contributed by atoms with van der Waals surface area (Å²) in [7, 11) is 3.15. The predicted octanol–water partition coefficient (Wildman–Crippen LogP) is -2.01. The second-order valence-electron chi connectivity index (χ2n) is 10.5. The number of likely N-dealkylation sites (tertiary alicyclic amines) is 1. The lowest BCUT2D eigenvalue weighted by molar-refractivity contribution is -0.213. The Hall–Kier alpha value is -5.36. The molecule has 2 aliphatic rings. The van der Waals surface area contributed by atoms with E-state index in [1.54, 1.807) is 38.4 Å². The lowest BCUT2D eigenvalue weighted by atomic mass is 10.1. The van der Waals surface area contributed by atoms with Crippen molar-refractivity contribution in [2.75, 3.05) is 45.6 Å². The van der Waals surface area contributed by atoms with Crippen LogP contribution < -0.4 is 21.8 Å². The molecule has 0 aromatic heterocycles. The fraction of sp³-hybridized carbons (Fsp3) is 0.429. The van der Waals surface area contributed by atoms with Gasteiger partial charge in [-0.3, -0.25) is 33.6 Å². The zero-order valence-electron chi connectivity index (χ0n) is 25.3. The molecule has 0 saturated carbocycles. The van der Waals surface area contributed by atoms with Gasteiger partial charge in [0.1, 0.15) is 18.7 Å². The number of likely N-dealkylation sites (N-methyl/N-ethyl adjacent to an activating group) is 2. The molecule has 1 saturated heterocycles. The van der Waals surface area contributed by atoms with Gasteiger partial charge in [-0.25, -0.2) is 4.79 Å². The Morgan fingerprint density at radius 2 is 1.74 bits per heavy atom. The molecule has 0 aliphatic carbocycles. The third-order valence-corrected chi connectivity index (χ3v) is 6.90. The zero-order valence-corrected chi connectivity index (χ0v) is 25.3. The van der Waals surface area contributed by atoms with Gasteiger partial charge in [0, 0.05) is 51.6 Å². The van der Waals surface area contributed by atoms with Crippen LogP contribution in [-0.4, -0.2) is 120 Å². The molecule has 0 radical (unpaired) electrons. The summed E-state index contributed by atoms with van der Waals surface area (Å²) in [4.78, 5) is 105. The minimum Gasteiger partial charge on any atom is -0.445 e. The second kappa shape index (κ2) is 16.6. The quantitative estimate of drug-likeness (QED) is 0.0873. The molecule has 3 rings (SSSR count). The average Bonchev–Trinajstić information content (AvgIpc) is 3.65. The molecule has 18 heteroatoms. The molecule has 0 bridgehead atoms. The van der Waals surface area contributed by atoms with E-state index in [0.29, 0.717) is 42.2 Å². The number of amides is 8. The number of hydroxylamine groups is 3. The van der Waals surface area contributed by atoms with E-state index in [1.165, 1.54) is 14.7 Å². The van der Waals surface area contributed by atoms with Crippen LogP contribution in [0.4, 0.5) is 10.5 Å². The summed E-state index contributed by atoms with van der Waals surface area (Å²) in [6, 6.07) is 4.12. The van der Waals surface area contributed by atoms with E-state index in [9.17, 15) is 38.4 Å². The minimum atomic E-state index is -1.40. The summed E-state index contributed by atoms with van der Waals surface area (Å²) in [5, 5.41) is 5.48. The number of carbonyl (C=O) groups is 8. The average molecular weight is 645 g/mol. The first kappa shape index (κ1) is 35.1. The van der Waals surface area contributed by atoms with E-state index in [4.69, 9.17) is 15.4 Å². The van der Waals surface area contributed by atoms with Gasteiger partial charge >= 0.3 is 6.09 Å². The van der Waals surface area contributed by atoms with Crippen molar-refractivity contribution < 1.29 is 48.0 Å². The highest BCUT2D eigenvalue weighted by Crippen LogP contribution is 2.20. The van der Waals surface area contributed by atoms with E-state index in [0.717, 1.165) is 12.2 Å². The SMILES string of the molecule is CN(C=O)CCN(C)C(=O)OCc1ccc(NC(=O)CNC(=O)C2CCCN2C(=O)C(CC(N)=O)NON2C(=O)C=CC2=O)cc1. The normalized spacial score (nSPS) is 16.2. The Balaban J connectivity index is 1.46. The van der Waals surface area contributed by atoms with Crippen molar-refractivity contribution in [3.63, 3.8) is 0 Å². The number of benzene rings is 1.